The number of benzene rings is 3. The lowest BCUT2D eigenvalue weighted by molar-refractivity contribution is 0.111. The Morgan fingerprint density at radius 3 is 2.00 bits per heavy atom. The predicted octanol–water partition coefficient (Wildman–Crippen LogP) is 5.60. The highest BCUT2D eigenvalue weighted by molar-refractivity contribution is 6.31. The molecule has 0 aliphatic rings. The van der Waals surface area contributed by atoms with E-state index >= 15 is 0 Å². The molecule has 3 rings (SSSR count). The van der Waals surface area contributed by atoms with Gasteiger partial charge in [0.25, 0.3) is 0 Å². The van der Waals surface area contributed by atoms with Crippen molar-refractivity contribution in [3.63, 3.8) is 0 Å². The highest BCUT2D eigenvalue weighted by Gasteiger charge is 2.04. The Hall–Kier alpha value is -3.02. The van der Waals surface area contributed by atoms with E-state index in [-0.39, 0.29) is 11.3 Å². The second-order valence-corrected chi connectivity index (χ2v) is 6.63. The van der Waals surface area contributed by atoms with Crippen molar-refractivity contribution >= 4 is 35.8 Å². The SMILES string of the molecule is COc1ccc(COc2ccc(Cl)cc2C=O)cc1.O=Cc1cc(Cl)ccc1O. The first-order valence-electron chi connectivity index (χ1n) is 8.41. The van der Waals surface area contributed by atoms with Crippen LogP contribution in [-0.2, 0) is 6.61 Å². The molecule has 0 spiro atoms. The van der Waals surface area contributed by atoms with Crippen molar-refractivity contribution in [3.05, 3.63) is 87.4 Å². The molecule has 0 aliphatic heterocycles. The lowest BCUT2D eigenvalue weighted by Gasteiger charge is -2.09. The van der Waals surface area contributed by atoms with Crippen molar-refractivity contribution in [1.82, 2.24) is 0 Å². The molecule has 0 bridgehead atoms. The fourth-order valence-electron chi connectivity index (χ4n) is 2.25. The minimum absolute atomic E-state index is 0.0422. The maximum absolute atomic E-state index is 10.9. The van der Waals surface area contributed by atoms with E-state index in [2.05, 4.69) is 0 Å². The van der Waals surface area contributed by atoms with E-state index in [1.807, 2.05) is 24.3 Å². The zero-order valence-corrected chi connectivity index (χ0v) is 17.0. The van der Waals surface area contributed by atoms with Gasteiger partial charge in [-0.2, -0.15) is 0 Å². The van der Waals surface area contributed by atoms with Gasteiger partial charge in [0.1, 0.15) is 23.9 Å². The Morgan fingerprint density at radius 1 is 0.862 bits per heavy atom. The van der Waals surface area contributed by atoms with Gasteiger partial charge >= 0.3 is 0 Å². The first kappa shape index (κ1) is 22.3. The van der Waals surface area contributed by atoms with Crippen LogP contribution in [0, 0.1) is 0 Å². The van der Waals surface area contributed by atoms with Crippen LogP contribution in [0.1, 0.15) is 26.3 Å². The summed E-state index contributed by atoms with van der Waals surface area (Å²) >= 11 is 11.3. The van der Waals surface area contributed by atoms with E-state index in [9.17, 15) is 9.59 Å². The second kappa shape index (κ2) is 11.1. The van der Waals surface area contributed by atoms with Crippen LogP contribution in [0.2, 0.25) is 10.0 Å². The van der Waals surface area contributed by atoms with Crippen LogP contribution < -0.4 is 9.47 Å². The number of phenolic OH excluding ortho intramolecular Hbond substituents is 1. The van der Waals surface area contributed by atoms with Crippen LogP contribution in [0.5, 0.6) is 17.2 Å². The van der Waals surface area contributed by atoms with Crippen LogP contribution in [0.4, 0.5) is 0 Å². The number of carbonyl (C=O) groups is 2. The molecule has 0 saturated heterocycles. The minimum atomic E-state index is -0.0422. The average molecular weight is 433 g/mol. The standard InChI is InChI=1S/C15H13ClO3.C7H5ClO2/c1-18-14-5-2-11(3-6-14)10-19-15-7-4-13(16)8-12(15)9-17;8-6-1-2-7(10)5(3-6)4-9/h2-9H,10H2,1H3;1-4,10H. The van der Waals surface area contributed by atoms with E-state index in [1.165, 1.54) is 18.2 Å². The molecule has 0 fully saturated rings. The van der Waals surface area contributed by atoms with Crippen molar-refractivity contribution in [2.24, 2.45) is 0 Å². The molecule has 1 N–H and O–H groups in total. The summed E-state index contributed by atoms with van der Waals surface area (Å²) in [6.45, 7) is 0.381. The molecule has 3 aromatic rings. The average Bonchev–Trinajstić information content (AvgIpc) is 2.75. The van der Waals surface area contributed by atoms with E-state index < -0.39 is 0 Å². The maximum atomic E-state index is 10.9. The Kier molecular flexibility index (Phi) is 8.52. The Balaban J connectivity index is 0.000000253. The van der Waals surface area contributed by atoms with Crippen LogP contribution >= 0.6 is 23.2 Å². The van der Waals surface area contributed by atoms with Crippen molar-refractivity contribution in [1.29, 1.82) is 0 Å². The number of aromatic hydroxyl groups is 1. The fourth-order valence-corrected chi connectivity index (χ4v) is 2.61. The maximum Gasteiger partial charge on any atom is 0.153 e. The summed E-state index contributed by atoms with van der Waals surface area (Å²) in [6, 6.07) is 16.8. The summed E-state index contributed by atoms with van der Waals surface area (Å²) in [6.07, 6.45) is 1.29. The summed E-state index contributed by atoms with van der Waals surface area (Å²) < 4.78 is 10.7. The van der Waals surface area contributed by atoms with E-state index in [1.54, 1.807) is 25.3 Å². The van der Waals surface area contributed by atoms with Gasteiger partial charge in [0, 0.05) is 10.0 Å². The number of halogens is 2. The largest absolute Gasteiger partial charge is 0.507 e. The van der Waals surface area contributed by atoms with Gasteiger partial charge in [-0.15, -0.1) is 0 Å². The Morgan fingerprint density at radius 2 is 1.45 bits per heavy atom. The molecule has 0 heterocycles. The molecule has 5 nitrogen and oxygen atoms in total. The lowest BCUT2D eigenvalue weighted by atomic mass is 10.2. The zero-order chi connectivity index (χ0) is 21.2. The molecule has 0 saturated carbocycles. The number of hydrogen-bond donors (Lipinski definition) is 1. The third-order valence-corrected chi connectivity index (χ3v) is 4.24. The molecule has 29 heavy (non-hydrogen) atoms. The first-order valence-corrected chi connectivity index (χ1v) is 9.16. The number of phenols is 1. The van der Waals surface area contributed by atoms with Gasteiger partial charge in [-0.05, 0) is 54.1 Å². The van der Waals surface area contributed by atoms with Crippen LogP contribution in [-0.4, -0.2) is 24.8 Å². The number of rotatable bonds is 6. The summed E-state index contributed by atoms with van der Waals surface area (Å²) in [5.41, 5.74) is 1.65. The van der Waals surface area contributed by atoms with Gasteiger partial charge < -0.3 is 14.6 Å². The molecule has 0 aliphatic carbocycles. The third kappa shape index (κ3) is 6.82. The van der Waals surface area contributed by atoms with Crippen LogP contribution in [0.15, 0.2) is 60.7 Å². The number of aldehydes is 2. The van der Waals surface area contributed by atoms with Crippen molar-refractivity contribution < 1.29 is 24.2 Å². The van der Waals surface area contributed by atoms with E-state index in [4.69, 9.17) is 37.8 Å². The van der Waals surface area contributed by atoms with Gasteiger partial charge in [-0.1, -0.05) is 35.3 Å². The Bertz CT molecular complexity index is 971. The molecule has 0 radical (unpaired) electrons. The van der Waals surface area contributed by atoms with Crippen molar-refractivity contribution in [2.75, 3.05) is 7.11 Å². The van der Waals surface area contributed by atoms with Crippen molar-refractivity contribution in [2.45, 2.75) is 6.61 Å². The van der Waals surface area contributed by atoms with Gasteiger partial charge in [-0.25, -0.2) is 0 Å². The molecule has 3 aromatic carbocycles. The first-order chi connectivity index (χ1) is 14.0. The Labute approximate surface area is 178 Å². The van der Waals surface area contributed by atoms with Crippen LogP contribution in [0.3, 0.4) is 0 Å². The molecule has 0 aromatic heterocycles. The molecule has 150 valence electrons. The van der Waals surface area contributed by atoms with Gasteiger partial charge in [0.15, 0.2) is 12.6 Å². The summed E-state index contributed by atoms with van der Waals surface area (Å²) in [4.78, 5) is 21.1. The minimum Gasteiger partial charge on any atom is -0.507 e. The predicted molar refractivity (Wildman–Crippen MR) is 113 cm³/mol. The molecule has 0 atom stereocenters. The molecule has 0 amide bonds. The third-order valence-electron chi connectivity index (χ3n) is 3.77. The van der Waals surface area contributed by atoms with Gasteiger partial charge in [-0.3, -0.25) is 9.59 Å². The quantitative estimate of drug-likeness (QED) is 0.513. The molecular weight excluding hydrogens is 415 g/mol. The van der Waals surface area contributed by atoms with Gasteiger partial charge in [0.05, 0.1) is 18.2 Å². The highest BCUT2D eigenvalue weighted by atomic mass is 35.5. The molecule has 7 heteroatoms. The topological polar surface area (TPSA) is 72.8 Å². The normalized spacial score (nSPS) is 9.76. The second-order valence-electron chi connectivity index (χ2n) is 5.76. The molecular formula is C22H18Cl2O5. The van der Waals surface area contributed by atoms with Crippen LogP contribution in [0.25, 0.3) is 0 Å². The molecule has 0 unspecified atom stereocenters. The highest BCUT2D eigenvalue weighted by Crippen LogP contribution is 2.23. The fraction of sp³-hybridized carbons (Fsp3) is 0.0909. The van der Waals surface area contributed by atoms with E-state index in [0.29, 0.717) is 34.3 Å². The summed E-state index contributed by atoms with van der Waals surface area (Å²) in [5.74, 6) is 1.28. The number of ether oxygens (including phenoxy) is 2. The lowest BCUT2D eigenvalue weighted by Crippen LogP contribution is -1.98. The summed E-state index contributed by atoms with van der Waals surface area (Å²) in [5, 5.41) is 9.90. The smallest absolute Gasteiger partial charge is 0.153 e. The number of hydrogen-bond acceptors (Lipinski definition) is 5. The summed E-state index contributed by atoms with van der Waals surface area (Å²) in [7, 11) is 1.62. The monoisotopic (exact) mass is 432 g/mol. The zero-order valence-electron chi connectivity index (χ0n) is 15.5. The van der Waals surface area contributed by atoms with Crippen molar-refractivity contribution in [3.8, 4) is 17.2 Å². The van der Waals surface area contributed by atoms with E-state index in [0.717, 1.165) is 17.6 Å². The number of methoxy groups -OCH3 is 1. The number of carbonyl (C=O) groups excluding carboxylic acids is 2. The van der Waals surface area contributed by atoms with Gasteiger partial charge in [0.2, 0.25) is 0 Å².